The summed E-state index contributed by atoms with van der Waals surface area (Å²) in [4.78, 5) is 19.7. The number of nitrogens with one attached hydrogen (secondary N) is 1. The van der Waals surface area contributed by atoms with Crippen molar-refractivity contribution < 1.29 is 4.79 Å². The molecule has 0 fully saturated rings. The first-order chi connectivity index (χ1) is 9.97. The van der Waals surface area contributed by atoms with E-state index in [1.54, 1.807) is 23.5 Å². The quantitative estimate of drug-likeness (QED) is 0.833. The smallest absolute Gasteiger partial charge is 0.241 e. The molecule has 0 bridgehead atoms. The van der Waals surface area contributed by atoms with Crippen molar-refractivity contribution in [2.24, 2.45) is 0 Å². The van der Waals surface area contributed by atoms with E-state index in [1.165, 1.54) is 4.88 Å². The molecule has 0 spiro atoms. The van der Waals surface area contributed by atoms with E-state index in [9.17, 15) is 4.79 Å². The van der Waals surface area contributed by atoms with Gasteiger partial charge in [-0.25, -0.2) is 4.98 Å². The van der Waals surface area contributed by atoms with Crippen LogP contribution in [0, 0.1) is 6.92 Å². The second-order valence-corrected chi connectivity index (χ2v) is 6.01. The Hall–Kier alpha value is -1.92. The van der Waals surface area contributed by atoms with E-state index in [-0.39, 0.29) is 11.9 Å². The number of aryl methyl sites for hydroxylation is 1. The fraction of sp³-hybridized carbons (Fsp3) is 0.333. The van der Waals surface area contributed by atoms with Crippen molar-refractivity contribution in [2.45, 2.75) is 26.4 Å². The molecule has 6 heteroatoms. The van der Waals surface area contributed by atoms with E-state index in [1.807, 2.05) is 43.4 Å². The molecule has 1 heterocycles. The molecule has 21 heavy (non-hydrogen) atoms. The average molecular weight is 304 g/mol. The molecule has 112 valence electrons. The van der Waals surface area contributed by atoms with Crippen LogP contribution in [0.1, 0.15) is 17.5 Å². The van der Waals surface area contributed by atoms with Crippen molar-refractivity contribution >= 4 is 28.6 Å². The maximum Gasteiger partial charge on any atom is 0.241 e. The predicted molar refractivity (Wildman–Crippen MR) is 87.3 cm³/mol. The summed E-state index contributed by atoms with van der Waals surface area (Å²) >= 11 is 1.61. The number of anilines is 2. The summed E-state index contributed by atoms with van der Waals surface area (Å²) in [5.41, 5.74) is 9.91. The highest BCUT2D eigenvalue weighted by molar-refractivity contribution is 7.09. The van der Waals surface area contributed by atoms with Gasteiger partial charge in [-0.3, -0.25) is 9.69 Å². The Kier molecular flexibility index (Phi) is 4.93. The number of likely N-dealkylation sites (N-methyl/N-ethyl adjacent to an activating group) is 1. The van der Waals surface area contributed by atoms with Crippen LogP contribution in [-0.2, 0) is 11.3 Å². The number of nitrogens with zero attached hydrogens (tertiary/aromatic N) is 2. The Morgan fingerprint density at radius 1 is 1.52 bits per heavy atom. The Morgan fingerprint density at radius 3 is 2.90 bits per heavy atom. The zero-order chi connectivity index (χ0) is 15.4. The highest BCUT2D eigenvalue weighted by Gasteiger charge is 2.19. The summed E-state index contributed by atoms with van der Waals surface area (Å²) in [6, 6.07) is 6.94. The molecular formula is C15H20N4OS. The SMILES string of the molecule is Cc1ncsc1CN(C)C(C)C(=O)Nc1cccc(N)c1. The maximum absolute atomic E-state index is 12.3. The standard InChI is InChI=1S/C15H20N4OS/c1-10-14(21-9-17-10)8-19(3)11(2)15(20)18-13-6-4-5-12(16)7-13/h4-7,9,11H,8,16H2,1-3H3,(H,18,20). The van der Waals surface area contributed by atoms with Gasteiger partial charge in [0, 0.05) is 22.8 Å². The molecule has 5 nitrogen and oxygen atoms in total. The number of thiazole rings is 1. The van der Waals surface area contributed by atoms with Crippen LogP contribution in [0.15, 0.2) is 29.8 Å². The topological polar surface area (TPSA) is 71.2 Å². The number of carbonyl (C=O) groups is 1. The Bertz CT molecular complexity index is 626. The van der Waals surface area contributed by atoms with Gasteiger partial charge in [0.1, 0.15) is 0 Å². The molecule has 2 rings (SSSR count). The molecule has 0 saturated carbocycles. The van der Waals surface area contributed by atoms with Gasteiger partial charge < -0.3 is 11.1 Å². The Balaban J connectivity index is 1.97. The molecule has 1 aromatic heterocycles. The van der Waals surface area contributed by atoms with Gasteiger partial charge in [0.15, 0.2) is 0 Å². The molecule has 2 aromatic rings. The first-order valence-corrected chi connectivity index (χ1v) is 7.61. The third-order valence-corrected chi connectivity index (χ3v) is 4.35. The van der Waals surface area contributed by atoms with Gasteiger partial charge in [0.25, 0.3) is 0 Å². The molecule has 0 aliphatic heterocycles. The van der Waals surface area contributed by atoms with Gasteiger partial charge in [-0.05, 0) is 39.1 Å². The largest absolute Gasteiger partial charge is 0.399 e. The second kappa shape index (κ2) is 6.69. The molecule has 0 saturated heterocycles. The van der Waals surface area contributed by atoms with Gasteiger partial charge in [0.2, 0.25) is 5.91 Å². The molecule has 1 amide bonds. The number of aromatic nitrogens is 1. The van der Waals surface area contributed by atoms with E-state index < -0.39 is 0 Å². The summed E-state index contributed by atoms with van der Waals surface area (Å²) in [5.74, 6) is -0.0507. The first-order valence-electron chi connectivity index (χ1n) is 6.73. The predicted octanol–water partition coefficient (Wildman–Crippen LogP) is 2.49. The van der Waals surface area contributed by atoms with Crippen molar-refractivity contribution in [3.05, 3.63) is 40.3 Å². The molecule has 3 N–H and O–H groups in total. The zero-order valence-electron chi connectivity index (χ0n) is 12.5. The van der Waals surface area contributed by atoms with Crippen LogP contribution in [-0.4, -0.2) is 28.9 Å². The summed E-state index contributed by atoms with van der Waals surface area (Å²) in [6.07, 6.45) is 0. The number of nitrogen functional groups attached to an aromatic ring is 1. The van der Waals surface area contributed by atoms with Crippen LogP contribution in [0.25, 0.3) is 0 Å². The van der Waals surface area contributed by atoms with E-state index in [4.69, 9.17) is 5.73 Å². The van der Waals surface area contributed by atoms with Crippen molar-refractivity contribution in [3.8, 4) is 0 Å². The Labute approximate surface area is 128 Å². The molecule has 1 aromatic carbocycles. The van der Waals surface area contributed by atoms with Crippen molar-refractivity contribution in [3.63, 3.8) is 0 Å². The summed E-state index contributed by atoms with van der Waals surface area (Å²) in [6.45, 7) is 4.58. The normalized spacial score (nSPS) is 12.4. The summed E-state index contributed by atoms with van der Waals surface area (Å²) in [5, 5.41) is 2.88. The molecular weight excluding hydrogens is 284 g/mol. The lowest BCUT2D eigenvalue weighted by atomic mass is 10.2. The minimum absolute atomic E-state index is 0.0507. The maximum atomic E-state index is 12.3. The lowest BCUT2D eigenvalue weighted by Gasteiger charge is -2.23. The van der Waals surface area contributed by atoms with Crippen LogP contribution in [0.5, 0.6) is 0 Å². The summed E-state index contributed by atoms with van der Waals surface area (Å²) < 4.78 is 0. The highest BCUT2D eigenvalue weighted by atomic mass is 32.1. The molecule has 0 radical (unpaired) electrons. The molecule has 0 aliphatic carbocycles. The second-order valence-electron chi connectivity index (χ2n) is 5.07. The molecule has 0 aliphatic rings. The number of amides is 1. The summed E-state index contributed by atoms with van der Waals surface area (Å²) in [7, 11) is 1.93. The Morgan fingerprint density at radius 2 is 2.29 bits per heavy atom. The number of carbonyl (C=O) groups excluding carboxylic acids is 1. The first kappa shape index (κ1) is 15.5. The van der Waals surface area contributed by atoms with E-state index in [0.717, 1.165) is 5.69 Å². The van der Waals surface area contributed by atoms with Crippen LogP contribution < -0.4 is 11.1 Å². The number of hydrogen-bond acceptors (Lipinski definition) is 5. The van der Waals surface area contributed by atoms with Crippen LogP contribution in [0.3, 0.4) is 0 Å². The fourth-order valence-corrected chi connectivity index (χ4v) is 2.74. The molecule has 1 unspecified atom stereocenters. The van der Waals surface area contributed by atoms with Gasteiger partial charge in [0.05, 0.1) is 17.2 Å². The van der Waals surface area contributed by atoms with Crippen LogP contribution in [0.4, 0.5) is 11.4 Å². The van der Waals surface area contributed by atoms with Gasteiger partial charge in [-0.15, -0.1) is 11.3 Å². The third kappa shape index (κ3) is 4.03. The number of benzene rings is 1. The fourth-order valence-electron chi connectivity index (χ4n) is 1.90. The van der Waals surface area contributed by atoms with Crippen molar-refractivity contribution in [2.75, 3.05) is 18.1 Å². The number of rotatable bonds is 5. The van der Waals surface area contributed by atoms with Gasteiger partial charge in [-0.1, -0.05) is 6.07 Å². The van der Waals surface area contributed by atoms with Gasteiger partial charge >= 0.3 is 0 Å². The highest BCUT2D eigenvalue weighted by Crippen LogP contribution is 2.17. The van der Waals surface area contributed by atoms with Crippen molar-refractivity contribution in [1.29, 1.82) is 0 Å². The van der Waals surface area contributed by atoms with Crippen LogP contribution in [0.2, 0.25) is 0 Å². The third-order valence-electron chi connectivity index (χ3n) is 3.43. The van der Waals surface area contributed by atoms with Gasteiger partial charge in [-0.2, -0.15) is 0 Å². The van der Waals surface area contributed by atoms with Crippen LogP contribution >= 0.6 is 11.3 Å². The minimum atomic E-state index is -0.243. The number of hydrogen-bond donors (Lipinski definition) is 2. The van der Waals surface area contributed by atoms with E-state index >= 15 is 0 Å². The van der Waals surface area contributed by atoms with Crippen molar-refractivity contribution in [1.82, 2.24) is 9.88 Å². The van der Waals surface area contributed by atoms with E-state index in [2.05, 4.69) is 10.3 Å². The number of nitrogens with two attached hydrogens (primary N) is 1. The monoisotopic (exact) mass is 304 g/mol. The molecule has 1 atom stereocenters. The lowest BCUT2D eigenvalue weighted by Crippen LogP contribution is -2.39. The zero-order valence-corrected chi connectivity index (χ0v) is 13.3. The average Bonchev–Trinajstić information content (AvgIpc) is 2.83. The minimum Gasteiger partial charge on any atom is -0.399 e. The van der Waals surface area contributed by atoms with E-state index in [0.29, 0.717) is 17.9 Å². The lowest BCUT2D eigenvalue weighted by molar-refractivity contribution is -0.120.